The van der Waals surface area contributed by atoms with Crippen LogP contribution in [0.3, 0.4) is 0 Å². The molecule has 0 aliphatic rings. The van der Waals surface area contributed by atoms with Crippen LogP contribution in [0, 0.1) is 10.1 Å². The second-order valence-electron chi connectivity index (χ2n) is 4.62. The second-order valence-corrected chi connectivity index (χ2v) is 4.62. The van der Waals surface area contributed by atoms with Crippen LogP contribution in [0.25, 0.3) is 6.08 Å². The molecule has 1 atom stereocenters. The number of hydrogen-bond donors (Lipinski definition) is 1. The van der Waals surface area contributed by atoms with Gasteiger partial charge >= 0.3 is 6.09 Å². The largest absolute Gasteiger partial charge is 0.450 e. The number of ketones is 1. The number of nitro groups is 1. The van der Waals surface area contributed by atoms with E-state index in [1.807, 2.05) is 0 Å². The van der Waals surface area contributed by atoms with Gasteiger partial charge in [-0.25, -0.2) is 4.79 Å². The number of nitro benzene ring substituents is 1. The lowest BCUT2D eigenvalue weighted by Crippen LogP contribution is -2.34. The SMILES string of the molecule is CCOC(=O)NC(C)CC(=O)/C=C/c1ccc([N+](=O)[O-])cc1. The summed E-state index contributed by atoms with van der Waals surface area (Å²) in [6, 6.07) is 5.52. The third-order valence-electron chi connectivity index (χ3n) is 2.71. The van der Waals surface area contributed by atoms with Crippen molar-refractivity contribution >= 4 is 23.6 Å². The summed E-state index contributed by atoms with van der Waals surface area (Å²) < 4.78 is 4.72. The van der Waals surface area contributed by atoms with Crippen molar-refractivity contribution in [2.45, 2.75) is 26.3 Å². The monoisotopic (exact) mass is 306 g/mol. The molecule has 0 saturated carbocycles. The van der Waals surface area contributed by atoms with Crippen LogP contribution in [-0.2, 0) is 9.53 Å². The van der Waals surface area contributed by atoms with Crippen LogP contribution < -0.4 is 5.32 Å². The van der Waals surface area contributed by atoms with Gasteiger partial charge < -0.3 is 10.1 Å². The molecule has 1 unspecified atom stereocenters. The summed E-state index contributed by atoms with van der Waals surface area (Å²) in [7, 11) is 0. The number of allylic oxidation sites excluding steroid dienone is 1. The van der Waals surface area contributed by atoms with Gasteiger partial charge in [0.05, 0.1) is 11.5 Å². The van der Waals surface area contributed by atoms with E-state index in [0.717, 1.165) is 0 Å². The summed E-state index contributed by atoms with van der Waals surface area (Å²) in [6.45, 7) is 3.67. The van der Waals surface area contributed by atoms with E-state index in [0.29, 0.717) is 5.56 Å². The Kier molecular flexibility index (Phi) is 6.75. The highest BCUT2D eigenvalue weighted by molar-refractivity contribution is 5.94. The molecule has 118 valence electrons. The number of rotatable bonds is 7. The van der Waals surface area contributed by atoms with Crippen molar-refractivity contribution in [2.24, 2.45) is 0 Å². The molecule has 0 aliphatic carbocycles. The third-order valence-corrected chi connectivity index (χ3v) is 2.71. The molecule has 7 nitrogen and oxygen atoms in total. The van der Waals surface area contributed by atoms with Crippen LogP contribution in [-0.4, -0.2) is 29.4 Å². The lowest BCUT2D eigenvalue weighted by Gasteiger charge is -2.11. The number of alkyl carbamates (subject to hydrolysis) is 1. The number of nitrogens with one attached hydrogen (secondary N) is 1. The average molecular weight is 306 g/mol. The molecule has 0 fully saturated rings. The molecule has 0 aromatic heterocycles. The maximum Gasteiger partial charge on any atom is 0.407 e. The Hall–Kier alpha value is -2.70. The fourth-order valence-corrected chi connectivity index (χ4v) is 1.69. The maximum atomic E-state index is 11.8. The van der Waals surface area contributed by atoms with Crippen LogP contribution in [0.1, 0.15) is 25.8 Å². The van der Waals surface area contributed by atoms with Crippen LogP contribution >= 0.6 is 0 Å². The van der Waals surface area contributed by atoms with Crippen LogP contribution in [0.5, 0.6) is 0 Å². The van der Waals surface area contributed by atoms with E-state index in [-0.39, 0.29) is 30.5 Å². The zero-order valence-corrected chi connectivity index (χ0v) is 12.4. The van der Waals surface area contributed by atoms with E-state index in [1.165, 1.54) is 18.2 Å². The molecule has 0 aliphatic heterocycles. The van der Waals surface area contributed by atoms with Gasteiger partial charge in [-0.15, -0.1) is 0 Å². The van der Waals surface area contributed by atoms with E-state index < -0.39 is 11.0 Å². The molecular weight excluding hydrogens is 288 g/mol. The van der Waals surface area contributed by atoms with Gasteiger partial charge in [-0.1, -0.05) is 6.08 Å². The number of benzene rings is 1. The van der Waals surface area contributed by atoms with Crippen molar-refractivity contribution in [1.29, 1.82) is 0 Å². The van der Waals surface area contributed by atoms with E-state index in [2.05, 4.69) is 5.32 Å². The Morgan fingerprint density at radius 1 is 1.36 bits per heavy atom. The number of hydrogen-bond acceptors (Lipinski definition) is 5. The smallest absolute Gasteiger partial charge is 0.407 e. The normalized spacial score (nSPS) is 11.9. The molecule has 1 N–H and O–H groups in total. The molecular formula is C15H18N2O5. The standard InChI is InChI=1S/C15H18N2O5/c1-3-22-15(19)16-11(2)10-14(18)9-6-12-4-7-13(8-5-12)17(20)21/h4-9,11H,3,10H2,1-2H3,(H,16,19)/b9-6+. The van der Waals surface area contributed by atoms with Crippen molar-refractivity contribution in [1.82, 2.24) is 5.32 Å². The minimum Gasteiger partial charge on any atom is -0.450 e. The predicted octanol–water partition coefficient (Wildman–Crippen LogP) is 2.70. The van der Waals surface area contributed by atoms with Gasteiger partial charge in [0.15, 0.2) is 5.78 Å². The molecule has 1 aromatic carbocycles. The first-order chi connectivity index (χ1) is 10.4. The Morgan fingerprint density at radius 3 is 2.55 bits per heavy atom. The summed E-state index contributed by atoms with van der Waals surface area (Å²) in [5, 5.41) is 13.1. The molecule has 0 heterocycles. The highest BCUT2D eigenvalue weighted by Crippen LogP contribution is 2.13. The maximum absolute atomic E-state index is 11.8. The lowest BCUT2D eigenvalue weighted by molar-refractivity contribution is -0.384. The molecule has 0 radical (unpaired) electrons. The zero-order chi connectivity index (χ0) is 16.5. The number of ether oxygens (including phenoxy) is 1. The van der Waals surface area contributed by atoms with Gasteiger partial charge in [0.25, 0.3) is 5.69 Å². The number of amides is 1. The first-order valence-corrected chi connectivity index (χ1v) is 6.81. The highest BCUT2D eigenvalue weighted by atomic mass is 16.6. The molecule has 1 aromatic rings. The quantitative estimate of drug-likeness (QED) is 0.474. The van der Waals surface area contributed by atoms with Crippen LogP contribution in [0.2, 0.25) is 0 Å². The van der Waals surface area contributed by atoms with Crippen molar-refractivity contribution in [3.8, 4) is 0 Å². The van der Waals surface area contributed by atoms with Gasteiger partial charge in [0, 0.05) is 24.6 Å². The molecule has 0 bridgehead atoms. The molecule has 7 heteroatoms. The summed E-state index contributed by atoms with van der Waals surface area (Å²) >= 11 is 0. The summed E-state index contributed by atoms with van der Waals surface area (Å²) in [5.41, 5.74) is 0.681. The van der Waals surface area contributed by atoms with E-state index in [4.69, 9.17) is 4.74 Å². The van der Waals surface area contributed by atoms with E-state index >= 15 is 0 Å². The van der Waals surface area contributed by atoms with Gasteiger partial charge in [-0.3, -0.25) is 14.9 Å². The van der Waals surface area contributed by atoms with Gasteiger partial charge in [0.1, 0.15) is 0 Å². The van der Waals surface area contributed by atoms with Crippen LogP contribution in [0.15, 0.2) is 30.3 Å². The number of non-ortho nitro benzene ring substituents is 1. The Bertz CT molecular complexity index is 566. The average Bonchev–Trinajstić information content (AvgIpc) is 2.45. The lowest BCUT2D eigenvalue weighted by atomic mass is 10.1. The first kappa shape index (κ1) is 17.4. The minimum absolute atomic E-state index is 0.00395. The first-order valence-electron chi connectivity index (χ1n) is 6.81. The van der Waals surface area contributed by atoms with E-state index in [1.54, 1.807) is 32.1 Å². The second kappa shape index (κ2) is 8.56. The van der Waals surface area contributed by atoms with Gasteiger partial charge in [-0.2, -0.15) is 0 Å². The number of carbonyl (C=O) groups is 2. The summed E-state index contributed by atoms with van der Waals surface area (Å²) in [4.78, 5) is 33.0. The Balaban J connectivity index is 2.50. The highest BCUT2D eigenvalue weighted by Gasteiger charge is 2.10. The summed E-state index contributed by atoms with van der Waals surface area (Å²) in [6.07, 6.45) is 2.54. The molecule has 22 heavy (non-hydrogen) atoms. The Morgan fingerprint density at radius 2 is 2.00 bits per heavy atom. The van der Waals surface area contributed by atoms with Crippen molar-refractivity contribution in [2.75, 3.05) is 6.61 Å². The number of carbonyl (C=O) groups excluding carboxylic acids is 2. The predicted molar refractivity (Wildman–Crippen MR) is 81.4 cm³/mol. The van der Waals surface area contributed by atoms with Crippen LogP contribution in [0.4, 0.5) is 10.5 Å². The zero-order valence-electron chi connectivity index (χ0n) is 12.4. The molecule has 0 spiro atoms. The molecule has 1 rings (SSSR count). The molecule has 0 saturated heterocycles. The van der Waals surface area contributed by atoms with Crippen molar-refractivity contribution in [3.05, 3.63) is 46.0 Å². The fourth-order valence-electron chi connectivity index (χ4n) is 1.69. The Labute approximate surface area is 128 Å². The third kappa shape index (κ3) is 6.17. The van der Waals surface area contributed by atoms with E-state index in [9.17, 15) is 19.7 Å². The van der Waals surface area contributed by atoms with Gasteiger partial charge in [-0.05, 0) is 37.6 Å². The number of nitrogens with zero attached hydrogens (tertiary/aromatic N) is 1. The summed E-state index contributed by atoms with van der Waals surface area (Å²) in [5.74, 6) is -0.164. The van der Waals surface area contributed by atoms with Crippen molar-refractivity contribution < 1.29 is 19.2 Å². The molecule has 1 amide bonds. The topological polar surface area (TPSA) is 98.5 Å². The fraction of sp³-hybridized carbons (Fsp3) is 0.333. The van der Waals surface area contributed by atoms with Gasteiger partial charge in [0.2, 0.25) is 0 Å². The minimum atomic E-state index is -0.554. The van der Waals surface area contributed by atoms with Crippen molar-refractivity contribution in [3.63, 3.8) is 0 Å².